The van der Waals surface area contributed by atoms with Crippen molar-refractivity contribution in [3.05, 3.63) is 54.2 Å². The first-order valence-electron chi connectivity index (χ1n) is 10.1. The molecular formula is C22H22FN5O. The van der Waals surface area contributed by atoms with Crippen molar-refractivity contribution in [3.63, 3.8) is 0 Å². The highest BCUT2D eigenvalue weighted by atomic mass is 19.1. The summed E-state index contributed by atoms with van der Waals surface area (Å²) in [7, 11) is 0. The Balaban J connectivity index is 1.44. The Bertz CT molecular complexity index is 1110. The van der Waals surface area contributed by atoms with Gasteiger partial charge in [0.1, 0.15) is 5.82 Å². The maximum absolute atomic E-state index is 14.5. The summed E-state index contributed by atoms with van der Waals surface area (Å²) in [5.74, 6) is 0.138. The number of fused-ring (bicyclic) bond motifs is 1. The number of rotatable bonds is 3. The van der Waals surface area contributed by atoms with E-state index in [1.165, 1.54) is 18.1 Å². The number of benzene rings is 1. The smallest absolute Gasteiger partial charge is 0.321 e. The van der Waals surface area contributed by atoms with Crippen LogP contribution in [-0.4, -0.2) is 38.4 Å². The molecule has 3 aromatic rings. The minimum absolute atomic E-state index is 0.147. The highest BCUT2D eigenvalue weighted by Gasteiger charge is 2.19. The summed E-state index contributed by atoms with van der Waals surface area (Å²) in [4.78, 5) is 23.0. The van der Waals surface area contributed by atoms with E-state index in [0.717, 1.165) is 44.3 Å². The summed E-state index contributed by atoms with van der Waals surface area (Å²) in [6.07, 6.45) is 13.2. The quantitative estimate of drug-likeness (QED) is 0.702. The molecule has 7 heteroatoms. The number of anilines is 1. The zero-order valence-electron chi connectivity index (χ0n) is 16.1. The molecule has 6 nitrogen and oxygen atoms in total. The molecule has 0 spiro atoms. The van der Waals surface area contributed by atoms with E-state index in [9.17, 15) is 9.18 Å². The van der Waals surface area contributed by atoms with E-state index in [2.05, 4.69) is 21.4 Å². The van der Waals surface area contributed by atoms with Gasteiger partial charge >= 0.3 is 6.03 Å². The van der Waals surface area contributed by atoms with Crippen molar-refractivity contribution in [2.45, 2.75) is 32.1 Å². The number of imidazole rings is 1. The van der Waals surface area contributed by atoms with E-state index in [1.54, 1.807) is 23.2 Å². The molecule has 0 saturated carbocycles. The molecule has 5 rings (SSSR count). The van der Waals surface area contributed by atoms with Gasteiger partial charge in [0.05, 0.1) is 5.69 Å². The van der Waals surface area contributed by atoms with Gasteiger partial charge in [0.2, 0.25) is 5.78 Å². The molecule has 0 bridgehead atoms. The fourth-order valence-electron chi connectivity index (χ4n) is 4.04. The van der Waals surface area contributed by atoms with Crippen LogP contribution in [0.25, 0.3) is 22.6 Å². The molecule has 29 heavy (non-hydrogen) atoms. The topological polar surface area (TPSA) is 62.5 Å². The fraction of sp³-hybridized carbons (Fsp3) is 0.318. The van der Waals surface area contributed by atoms with Crippen molar-refractivity contribution in [2.75, 3.05) is 18.4 Å². The Morgan fingerprint density at radius 1 is 1.14 bits per heavy atom. The van der Waals surface area contributed by atoms with Crippen LogP contribution in [0.3, 0.4) is 0 Å². The van der Waals surface area contributed by atoms with Gasteiger partial charge in [-0.3, -0.25) is 4.40 Å². The van der Waals surface area contributed by atoms with E-state index in [1.807, 2.05) is 16.8 Å². The summed E-state index contributed by atoms with van der Waals surface area (Å²) in [6.45, 7) is 1.52. The van der Waals surface area contributed by atoms with Crippen molar-refractivity contribution in [1.29, 1.82) is 0 Å². The summed E-state index contributed by atoms with van der Waals surface area (Å²) in [5.41, 5.74) is 3.76. The maximum atomic E-state index is 14.5. The van der Waals surface area contributed by atoms with Crippen molar-refractivity contribution in [3.8, 4) is 11.3 Å². The number of halogens is 1. The highest BCUT2D eigenvalue weighted by molar-refractivity contribution is 5.90. The molecule has 0 atom stereocenters. The van der Waals surface area contributed by atoms with Crippen LogP contribution in [0.2, 0.25) is 0 Å². The van der Waals surface area contributed by atoms with Gasteiger partial charge < -0.3 is 10.2 Å². The van der Waals surface area contributed by atoms with Crippen LogP contribution < -0.4 is 5.32 Å². The van der Waals surface area contributed by atoms with Gasteiger partial charge in [0.15, 0.2) is 0 Å². The van der Waals surface area contributed by atoms with Crippen molar-refractivity contribution in [1.82, 2.24) is 19.3 Å². The highest BCUT2D eigenvalue weighted by Crippen LogP contribution is 2.29. The predicted molar refractivity (Wildman–Crippen MR) is 110 cm³/mol. The standard InChI is InChI=1S/C22H22FN5O/c23-19-8-7-17(25-22(29)27-9-3-4-10-27)11-18(19)20-14-28-13-16(12-24-21(28)26-20)15-5-1-2-6-15/h5,7-8,11-14H,1-4,6,9-10H2,(H,25,29). The number of aromatic nitrogens is 3. The molecule has 0 unspecified atom stereocenters. The average molecular weight is 391 g/mol. The summed E-state index contributed by atoms with van der Waals surface area (Å²) in [5, 5.41) is 2.86. The molecule has 3 heterocycles. The average Bonchev–Trinajstić information content (AvgIpc) is 3.49. The lowest BCUT2D eigenvalue weighted by Crippen LogP contribution is -2.32. The molecular weight excluding hydrogens is 369 g/mol. The molecule has 2 amide bonds. The molecule has 1 saturated heterocycles. The van der Waals surface area contributed by atoms with Gasteiger partial charge in [-0.1, -0.05) is 6.08 Å². The van der Waals surface area contributed by atoms with Crippen molar-refractivity contribution < 1.29 is 9.18 Å². The fourth-order valence-corrected chi connectivity index (χ4v) is 4.04. The Labute approximate surface area is 168 Å². The van der Waals surface area contributed by atoms with Crippen LogP contribution in [-0.2, 0) is 0 Å². The van der Waals surface area contributed by atoms with Gasteiger partial charge in [-0.05, 0) is 55.9 Å². The molecule has 1 aliphatic carbocycles. The van der Waals surface area contributed by atoms with Gasteiger partial charge in [0, 0.05) is 48.5 Å². The third kappa shape index (κ3) is 3.48. The number of allylic oxidation sites excluding steroid dienone is 2. The first kappa shape index (κ1) is 17.8. The van der Waals surface area contributed by atoms with Crippen LogP contribution >= 0.6 is 0 Å². The molecule has 0 radical (unpaired) electrons. The van der Waals surface area contributed by atoms with Crippen LogP contribution in [0, 0.1) is 5.82 Å². The van der Waals surface area contributed by atoms with Crippen LogP contribution in [0.15, 0.2) is 42.9 Å². The molecule has 1 aromatic carbocycles. The number of nitrogens with zero attached hydrogens (tertiary/aromatic N) is 4. The Morgan fingerprint density at radius 2 is 2.00 bits per heavy atom. The van der Waals surface area contributed by atoms with E-state index in [4.69, 9.17) is 0 Å². The normalized spacial score (nSPS) is 16.4. The van der Waals surface area contributed by atoms with E-state index >= 15 is 0 Å². The lowest BCUT2D eigenvalue weighted by atomic mass is 10.1. The minimum Gasteiger partial charge on any atom is -0.325 e. The monoisotopic (exact) mass is 391 g/mol. The molecule has 148 valence electrons. The van der Waals surface area contributed by atoms with Crippen molar-refractivity contribution in [2.24, 2.45) is 0 Å². The Kier molecular flexibility index (Phi) is 4.50. The molecule has 2 aromatic heterocycles. The number of likely N-dealkylation sites (tertiary alicyclic amines) is 1. The number of amides is 2. The molecule has 1 aliphatic heterocycles. The van der Waals surface area contributed by atoms with Crippen LogP contribution in [0.4, 0.5) is 14.9 Å². The number of carbonyl (C=O) groups excluding carboxylic acids is 1. The Hall–Kier alpha value is -3.22. The zero-order chi connectivity index (χ0) is 19.8. The number of hydrogen-bond donors (Lipinski definition) is 1. The SMILES string of the molecule is O=C(Nc1ccc(F)c(-c2cn3cc(C4=CCCC4)cnc3n2)c1)N1CCCC1. The number of nitrogens with one attached hydrogen (secondary N) is 1. The summed E-state index contributed by atoms with van der Waals surface area (Å²) < 4.78 is 16.4. The lowest BCUT2D eigenvalue weighted by molar-refractivity contribution is 0.222. The van der Waals surface area contributed by atoms with Crippen LogP contribution in [0.5, 0.6) is 0 Å². The molecule has 1 fully saturated rings. The minimum atomic E-state index is -0.383. The number of hydrogen-bond acceptors (Lipinski definition) is 3. The van der Waals surface area contributed by atoms with Gasteiger partial charge in [-0.25, -0.2) is 19.2 Å². The first-order chi connectivity index (χ1) is 14.2. The maximum Gasteiger partial charge on any atom is 0.321 e. The van der Waals surface area contributed by atoms with E-state index in [0.29, 0.717) is 22.7 Å². The van der Waals surface area contributed by atoms with Crippen molar-refractivity contribution >= 4 is 23.1 Å². The first-order valence-corrected chi connectivity index (χ1v) is 10.1. The van der Waals surface area contributed by atoms with Gasteiger partial charge in [0.25, 0.3) is 0 Å². The second kappa shape index (κ2) is 7.31. The van der Waals surface area contributed by atoms with E-state index < -0.39 is 0 Å². The number of urea groups is 1. The largest absolute Gasteiger partial charge is 0.325 e. The third-order valence-electron chi connectivity index (χ3n) is 5.61. The Morgan fingerprint density at radius 3 is 2.79 bits per heavy atom. The van der Waals surface area contributed by atoms with Crippen LogP contribution in [0.1, 0.15) is 37.7 Å². The number of carbonyl (C=O) groups is 1. The predicted octanol–water partition coefficient (Wildman–Crippen LogP) is 4.73. The molecule has 1 N–H and O–H groups in total. The van der Waals surface area contributed by atoms with Gasteiger partial charge in [-0.2, -0.15) is 0 Å². The van der Waals surface area contributed by atoms with E-state index in [-0.39, 0.29) is 11.8 Å². The van der Waals surface area contributed by atoms with Gasteiger partial charge in [-0.15, -0.1) is 0 Å². The lowest BCUT2D eigenvalue weighted by Gasteiger charge is -2.16. The second-order valence-corrected chi connectivity index (χ2v) is 7.62. The summed E-state index contributed by atoms with van der Waals surface area (Å²) in [6, 6.07) is 4.42. The molecule has 2 aliphatic rings. The third-order valence-corrected chi connectivity index (χ3v) is 5.61. The summed E-state index contributed by atoms with van der Waals surface area (Å²) >= 11 is 0. The second-order valence-electron chi connectivity index (χ2n) is 7.62. The zero-order valence-corrected chi connectivity index (χ0v) is 16.1.